The summed E-state index contributed by atoms with van der Waals surface area (Å²) in [7, 11) is 1.66. The number of benzene rings is 1. The van der Waals surface area contributed by atoms with Crippen LogP contribution in [0.1, 0.15) is 38.8 Å². The van der Waals surface area contributed by atoms with Crippen LogP contribution in [0.3, 0.4) is 0 Å². The van der Waals surface area contributed by atoms with Gasteiger partial charge in [0.15, 0.2) is 0 Å². The summed E-state index contributed by atoms with van der Waals surface area (Å²) in [6.07, 6.45) is 0.777. The fourth-order valence-electron chi connectivity index (χ4n) is 2.12. The van der Waals surface area contributed by atoms with Gasteiger partial charge in [0, 0.05) is 18.7 Å². The molecule has 0 aliphatic heterocycles. The third-order valence-corrected chi connectivity index (χ3v) is 4.00. The van der Waals surface area contributed by atoms with Gasteiger partial charge in [0.1, 0.15) is 5.75 Å². The molecule has 2 atom stereocenters. The zero-order valence-corrected chi connectivity index (χ0v) is 13.7. The van der Waals surface area contributed by atoms with Crippen LogP contribution in [-0.4, -0.2) is 24.9 Å². The lowest BCUT2D eigenvalue weighted by Gasteiger charge is -2.26. The molecule has 1 aromatic rings. The second-order valence-corrected chi connectivity index (χ2v) is 6.00. The van der Waals surface area contributed by atoms with Gasteiger partial charge >= 0.3 is 0 Å². The summed E-state index contributed by atoms with van der Waals surface area (Å²) in [4.78, 5) is 0. The number of aliphatic hydroxyl groups is 1. The first-order chi connectivity index (χ1) is 8.99. The van der Waals surface area contributed by atoms with Crippen LogP contribution in [-0.2, 0) is 0 Å². The van der Waals surface area contributed by atoms with Gasteiger partial charge in [-0.15, -0.1) is 0 Å². The average molecular weight is 330 g/mol. The number of halogens is 1. The third-order valence-electron chi connectivity index (χ3n) is 3.38. The number of methoxy groups -OCH3 is 1. The van der Waals surface area contributed by atoms with Gasteiger partial charge in [-0.05, 0) is 52.9 Å². The van der Waals surface area contributed by atoms with Gasteiger partial charge < -0.3 is 15.2 Å². The molecule has 0 spiro atoms. The third kappa shape index (κ3) is 4.79. The lowest BCUT2D eigenvalue weighted by molar-refractivity contribution is 0.237. The number of hydrogen-bond donors (Lipinski definition) is 2. The van der Waals surface area contributed by atoms with Gasteiger partial charge in [0.25, 0.3) is 0 Å². The molecular weight excluding hydrogens is 306 g/mol. The molecule has 1 aromatic carbocycles. The normalized spacial score (nSPS) is 14.5. The monoisotopic (exact) mass is 329 g/mol. The summed E-state index contributed by atoms with van der Waals surface area (Å²) in [6, 6.07) is 6.67. The van der Waals surface area contributed by atoms with E-state index < -0.39 is 0 Å². The van der Waals surface area contributed by atoms with Crippen LogP contribution < -0.4 is 10.1 Å². The Balaban J connectivity index is 2.76. The van der Waals surface area contributed by atoms with E-state index in [0.29, 0.717) is 12.0 Å². The van der Waals surface area contributed by atoms with Crippen LogP contribution in [0.5, 0.6) is 5.75 Å². The molecule has 108 valence electrons. The predicted molar refractivity (Wildman–Crippen MR) is 82.6 cm³/mol. The fraction of sp³-hybridized carbons (Fsp3) is 0.600. The van der Waals surface area contributed by atoms with E-state index in [4.69, 9.17) is 9.84 Å². The Kier molecular flexibility index (Phi) is 6.83. The molecule has 2 N–H and O–H groups in total. The van der Waals surface area contributed by atoms with Crippen LogP contribution in [0.2, 0.25) is 0 Å². The van der Waals surface area contributed by atoms with Gasteiger partial charge in [-0.25, -0.2) is 0 Å². The number of rotatable bonds is 7. The van der Waals surface area contributed by atoms with Crippen molar-refractivity contribution in [1.82, 2.24) is 5.32 Å². The molecule has 4 heteroatoms. The van der Waals surface area contributed by atoms with Gasteiger partial charge in [0.05, 0.1) is 11.6 Å². The van der Waals surface area contributed by atoms with Crippen molar-refractivity contribution in [2.24, 2.45) is 5.92 Å². The highest BCUT2D eigenvalue weighted by atomic mass is 79.9. The van der Waals surface area contributed by atoms with Crippen molar-refractivity contribution in [3.63, 3.8) is 0 Å². The van der Waals surface area contributed by atoms with E-state index in [1.807, 2.05) is 6.07 Å². The van der Waals surface area contributed by atoms with E-state index in [0.717, 1.165) is 16.6 Å². The topological polar surface area (TPSA) is 41.5 Å². The van der Waals surface area contributed by atoms with E-state index in [1.165, 1.54) is 5.56 Å². The van der Waals surface area contributed by atoms with Crippen LogP contribution in [0, 0.1) is 5.92 Å². The van der Waals surface area contributed by atoms with Crippen molar-refractivity contribution >= 4 is 15.9 Å². The van der Waals surface area contributed by atoms with Crippen LogP contribution >= 0.6 is 15.9 Å². The Labute approximate surface area is 124 Å². The maximum atomic E-state index is 9.12. The van der Waals surface area contributed by atoms with Crippen LogP contribution in [0.4, 0.5) is 0 Å². The van der Waals surface area contributed by atoms with Crippen molar-refractivity contribution in [3.05, 3.63) is 28.2 Å². The standard InChI is InChI=1S/C15H24BrNO2/c1-10(2)14(7-8-18)17-11(3)12-5-6-15(19-4)13(16)9-12/h5-6,9-11,14,17-18H,7-8H2,1-4H3. The molecule has 2 unspecified atom stereocenters. The number of aliphatic hydroxyl groups excluding tert-OH is 1. The van der Waals surface area contributed by atoms with Crippen molar-refractivity contribution in [1.29, 1.82) is 0 Å². The molecule has 0 saturated carbocycles. The largest absolute Gasteiger partial charge is 0.496 e. The summed E-state index contributed by atoms with van der Waals surface area (Å²) in [6.45, 7) is 6.70. The molecule has 19 heavy (non-hydrogen) atoms. The first kappa shape index (κ1) is 16.5. The Hall–Kier alpha value is -0.580. The maximum Gasteiger partial charge on any atom is 0.133 e. The molecule has 0 radical (unpaired) electrons. The van der Waals surface area contributed by atoms with Crippen LogP contribution in [0.25, 0.3) is 0 Å². The van der Waals surface area contributed by atoms with Crippen molar-refractivity contribution < 1.29 is 9.84 Å². The molecule has 0 aliphatic carbocycles. The highest BCUT2D eigenvalue weighted by Gasteiger charge is 2.16. The Bertz CT molecular complexity index is 396. The molecule has 3 nitrogen and oxygen atoms in total. The number of hydrogen-bond acceptors (Lipinski definition) is 3. The van der Waals surface area contributed by atoms with Gasteiger partial charge in [0.2, 0.25) is 0 Å². The molecule has 0 heterocycles. The predicted octanol–water partition coefficient (Wildman–Crippen LogP) is 3.52. The molecule has 0 saturated heterocycles. The van der Waals surface area contributed by atoms with E-state index in [1.54, 1.807) is 7.11 Å². The van der Waals surface area contributed by atoms with Gasteiger partial charge in [-0.1, -0.05) is 19.9 Å². The highest BCUT2D eigenvalue weighted by molar-refractivity contribution is 9.10. The summed E-state index contributed by atoms with van der Waals surface area (Å²) < 4.78 is 6.20. The number of ether oxygens (including phenoxy) is 1. The first-order valence-corrected chi connectivity index (χ1v) is 7.49. The summed E-state index contributed by atoms with van der Waals surface area (Å²) >= 11 is 3.51. The smallest absolute Gasteiger partial charge is 0.133 e. The first-order valence-electron chi connectivity index (χ1n) is 6.70. The minimum Gasteiger partial charge on any atom is -0.496 e. The lowest BCUT2D eigenvalue weighted by atomic mass is 9.98. The van der Waals surface area contributed by atoms with E-state index in [9.17, 15) is 0 Å². The van der Waals surface area contributed by atoms with E-state index in [-0.39, 0.29) is 12.6 Å². The second kappa shape index (κ2) is 7.88. The zero-order chi connectivity index (χ0) is 14.4. The van der Waals surface area contributed by atoms with E-state index in [2.05, 4.69) is 54.2 Å². The van der Waals surface area contributed by atoms with Gasteiger partial charge in [-0.3, -0.25) is 0 Å². The quantitative estimate of drug-likeness (QED) is 0.804. The van der Waals surface area contributed by atoms with E-state index >= 15 is 0 Å². The molecule has 0 fully saturated rings. The molecule has 0 aromatic heterocycles. The fourth-order valence-corrected chi connectivity index (χ4v) is 2.68. The Morgan fingerprint density at radius 3 is 2.47 bits per heavy atom. The molecule has 0 aliphatic rings. The van der Waals surface area contributed by atoms with Crippen molar-refractivity contribution in [3.8, 4) is 5.75 Å². The molecular formula is C15H24BrNO2. The summed E-state index contributed by atoms with van der Waals surface area (Å²) in [5, 5.41) is 12.7. The molecule has 0 amide bonds. The molecule has 1 rings (SSSR count). The lowest BCUT2D eigenvalue weighted by Crippen LogP contribution is -2.36. The highest BCUT2D eigenvalue weighted by Crippen LogP contribution is 2.28. The Morgan fingerprint density at radius 1 is 1.32 bits per heavy atom. The SMILES string of the molecule is COc1ccc(C(C)NC(CCO)C(C)C)cc1Br. The molecule has 0 bridgehead atoms. The minimum absolute atomic E-state index is 0.217. The van der Waals surface area contributed by atoms with Crippen molar-refractivity contribution in [2.75, 3.05) is 13.7 Å². The average Bonchev–Trinajstić information content (AvgIpc) is 2.37. The van der Waals surface area contributed by atoms with Gasteiger partial charge in [-0.2, -0.15) is 0 Å². The Morgan fingerprint density at radius 2 is 2.00 bits per heavy atom. The van der Waals surface area contributed by atoms with Crippen molar-refractivity contribution in [2.45, 2.75) is 39.3 Å². The van der Waals surface area contributed by atoms with Crippen LogP contribution in [0.15, 0.2) is 22.7 Å². The zero-order valence-electron chi connectivity index (χ0n) is 12.1. The minimum atomic E-state index is 0.217. The maximum absolute atomic E-state index is 9.12. The second-order valence-electron chi connectivity index (χ2n) is 5.15. The summed E-state index contributed by atoms with van der Waals surface area (Å²) in [5.41, 5.74) is 1.20. The summed E-state index contributed by atoms with van der Waals surface area (Å²) in [5.74, 6) is 1.34. The number of nitrogens with one attached hydrogen (secondary N) is 1.